The van der Waals surface area contributed by atoms with Gasteiger partial charge in [-0.25, -0.2) is 0 Å². The molecule has 5 nitrogen and oxygen atoms in total. The monoisotopic (exact) mass is 381 g/mol. The van der Waals surface area contributed by atoms with E-state index in [1.54, 1.807) is 11.8 Å². The van der Waals surface area contributed by atoms with Crippen LogP contribution in [0.3, 0.4) is 0 Å². The molecule has 0 saturated heterocycles. The fourth-order valence-electron chi connectivity index (χ4n) is 3.39. The maximum absolute atomic E-state index is 13.0. The molecular weight excluding hydrogens is 350 g/mol. The fourth-order valence-corrected chi connectivity index (χ4v) is 3.39. The molecule has 2 rings (SSSR count). The van der Waals surface area contributed by atoms with E-state index in [-0.39, 0.29) is 17.4 Å². The first kappa shape index (κ1) is 21.6. The Kier molecular flexibility index (Phi) is 6.90. The van der Waals surface area contributed by atoms with Crippen molar-refractivity contribution >= 4 is 22.7 Å². The number of nitrogens with one attached hydrogen (secondary N) is 1. The topological polar surface area (TPSA) is 54.3 Å². The summed E-state index contributed by atoms with van der Waals surface area (Å²) in [5, 5.41) is 4.11. The summed E-state index contributed by atoms with van der Waals surface area (Å²) >= 11 is 0. The van der Waals surface area contributed by atoms with E-state index in [0.29, 0.717) is 13.0 Å². The molecule has 0 saturated carbocycles. The molecular formula is C23H31N3O2. The molecule has 1 heterocycles. The lowest BCUT2D eigenvalue weighted by Crippen LogP contribution is -2.53. The van der Waals surface area contributed by atoms with Crippen LogP contribution in [0.2, 0.25) is 0 Å². The van der Waals surface area contributed by atoms with E-state index in [1.165, 1.54) is 0 Å². The van der Waals surface area contributed by atoms with E-state index in [1.807, 2.05) is 69.8 Å². The SMILES string of the molecule is CC#CC(=O)N(Cc1cn(C)c2ccccc12)C(CCC)C(=O)NC(C)(C)C. The number of hydrogen-bond acceptors (Lipinski definition) is 2. The molecule has 0 bridgehead atoms. The van der Waals surface area contributed by atoms with Gasteiger partial charge in [-0.05, 0) is 51.7 Å². The lowest BCUT2D eigenvalue weighted by molar-refractivity contribution is -0.138. The lowest BCUT2D eigenvalue weighted by atomic mass is 10.0. The maximum atomic E-state index is 13.0. The third-order valence-electron chi connectivity index (χ3n) is 4.55. The molecule has 0 fully saturated rings. The number of carbonyl (C=O) groups is 2. The molecule has 150 valence electrons. The Morgan fingerprint density at radius 3 is 2.54 bits per heavy atom. The second kappa shape index (κ2) is 8.97. The Bertz CT molecular complexity index is 909. The quantitative estimate of drug-likeness (QED) is 0.777. The van der Waals surface area contributed by atoms with Crippen molar-refractivity contribution in [3.05, 3.63) is 36.0 Å². The fraction of sp³-hybridized carbons (Fsp3) is 0.478. The van der Waals surface area contributed by atoms with Crippen LogP contribution in [-0.4, -0.2) is 32.9 Å². The molecule has 1 atom stereocenters. The van der Waals surface area contributed by atoms with Gasteiger partial charge in [0.25, 0.3) is 5.91 Å². The molecule has 2 amide bonds. The number of aromatic nitrogens is 1. The van der Waals surface area contributed by atoms with Crippen LogP contribution in [0.25, 0.3) is 10.9 Å². The molecule has 2 aromatic rings. The number of carbonyl (C=O) groups excluding carboxylic acids is 2. The molecule has 5 heteroatoms. The van der Waals surface area contributed by atoms with E-state index >= 15 is 0 Å². The second-order valence-electron chi connectivity index (χ2n) is 8.13. The average Bonchev–Trinajstić information content (AvgIpc) is 2.93. The van der Waals surface area contributed by atoms with Gasteiger partial charge in [0.05, 0.1) is 0 Å². The summed E-state index contributed by atoms with van der Waals surface area (Å²) < 4.78 is 2.04. The number of fused-ring (bicyclic) bond motifs is 1. The van der Waals surface area contributed by atoms with Crippen LogP contribution in [0.4, 0.5) is 0 Å². The van der Waals surface area contributed by atoms with Gasteiger partial charge in [-0.2, -0.15) is 0 Å². The van der Waals surface area contributed by atoms with Crippen LogP contribution in [0.15, 0.2) is 30.5 Å². The van der Waals surface area contributed by atoms with Crippen LogP contribution in [0.1, 0.15) is 53.0 Å². The normalized spacial score (nSPS) is 12.2. The molecule has 1 unspecified atom stereocenters. The Labute approximate surface area is 168 Å². The Morgan fingerprint density at radius 1 is 1.25 bits per heavy atom. The summed E-state index contributed by atoms with van der Waals surface area (Å²) in [5.41, 5.74) is 1.74. The van der Waals surface area contributed by atoms with Crippen molar-refractivity contribution in [1.29, 1.82) is 0 Å². The molecule has 0 aliphatic rings. The van der Waals surface area contributed by atoms with E-state index in [9.17, 15) is 9.59 Å². The standard InChI is InChI=1S/C23H31N3O2/c1-7-11-20(22(28)24-23(3,4)5)26(21(27)12-8-2)16-17-15-25(6)19-14-10-9-13-18(17)19/h9-10,13-15,20H,7,11,16H2,1-6H3,(H,24,28). The first-order valence-corrected chi connectivity index (χ1v) is 9.76. The van der Waals surface area contributed by atoms with Gasteiger partial charge in [0.15, 0.2) is 0 Å². The number of aryl methyl sites for hydroxylation is 1. The Morgan fingerprint density at radius 2 is 1.93 bits per heavy atom. The minimum absolute atomic E-state index is 0.138. The molecule has 1 aromatic heterocycles. The number of nitrogens with zero attached hydrogens (tertiary/aromatic N) is 2. The van der Waals surface area contributed by atoms with Crippen molar-refractivity contribution < 1.29 is 9.59 Å². The summed E-state index contributed by atoms with van der Waals surface area (Å²) in [5.74, 6) is 4.85. The van der Waals surface area contributed by atoms with Gasteiger partial charge in [-0.15, -0.1) is 0 Å². The summed E-state index contributed by atoms with van der Waals surface area (Å²) in [4.78, 5) is 27.5. The highest BCUT2D eigenvalue weighted by Gasteiger charge is 2.31. The van der Waals surface area contributed by atoms with E-state index in [0.717, 1.165) is 22.9 Å². The van der Waals surface area contributed by atoms with Crippen molar-refractivity contribution in [2.75, 3.05) is 0 Å². The van der Waals surface area contributed by atoms with Crippen LogP contribution in [-0.2, 0) is 23.2 Å². The van der Waals surface area contributed by atoms with E-state index in [4.69, 9.17) is 0 Å². The minimum Gasteiger partial charge on any atom is -0.350 e. The van der Waals surface area contributed by atoms with Gasteiger partial charge in [-0.1, -0.05) is 37.5 Å². The predicted molar refractivity (Wildman–Crippen MR) is 114 cm³/mol. The lowest BCUT2D eigenvalue weighted by Gasteiger charge is -2.32. The highest BCUT2D eigenvalue weighted by molar-refractivity contribution is 5.97. The van der Waals surface area contributed by atoms with E-state index in [2.05, 4.69) is 17.2 Å². The minimum atomic E-state index is -0.559. The molecule has 1 aromatic carbocycles. The summed E-state index contributed by atoms with van der Waals surface area (Å²) in [6.45, 7) is 9.82. The van der Waals surface area contributed by atoms with Crippen molar-refractivity contribution in [2.24, 2.45) is 7.05 Å². The Hall–Kier alpha value is -2.74. The summed E-state index contributed by atoms with van der Waals surface area (Å²) in [7, 11) is 1.99. The molecule has 0 radical (unpaired) electrons. The van der Waals surface area contributed by atoms with Gasteiger partial charge in [0, 0.05) is 36.2 Å². The maximum Gasteiger partial charge on any atom is 0.299 e. The zero-order valence-corrected chi connectivity index (χ0v) is 17.8. The third-order valence-corrected chi connectivity index (χ3v) is 4.55. The summed E-state index contributed by atoms with van der Waals surface area (Å²) in [6, 6.07) is 7.51. The van der Waals surface area contributed by atoms with Gasteiger partial charge in [-0.3, -0.25) is 9.59 Å². The van der Waals surface area contributed by atoms with Crippen molar-refractivity contribution in [2.45, 2.75) is 65.6 Å². The highest BCUT2D eigenvalue weighted by atomic mass is 16.2. The molecule has 1 N–H and O–H groups in total. The zero-order valence-electron chi connectivity index (χ0n) is 17.8. The van der Waals surface area contributed by atoms with Crippen molar-refractivity contribution in [3.8, 4) is 11.8 Å². The van der Waals surface area contributed by atoms with Crippen molar-refractivity contribution in [3.63, 3.8) is 0 Å². The number of rotatable bonds is 6. The number of para-hydroxylation sites is 1. The third kappa shape index (κ3) is 5.16. The molecule has 0 aliphatic carbocycles. The smallest absolute Gasteiger partial charge is 0.299 e. The van der Waals surface area contributed by atoms with Crippen LogP contribution in [0, 0.1) is 11.8 Å². The summed E-state index contributed by atoms with van der Waals surface area (Å²) in [6.07, 6.45) is 3.40. The van der Waals surface area contributed by atoms with Crippen LogP contribution >= 0.6 is 0 Å². The van der Waals surface area contributed by atoms with Gasteiger partial charge >= 0.3 is 0 Å². The molecule has 0 spiro atoms. The first-order valence-electron chi connectivity index (χ1n) is 9.76. The number of hydrogen-bond donors (Lipinski definition) is 1. The number of amides is 2. The van der Waals surface area contributed by atoms with Crippen LogP contribution < -0.4 is 5.32 Å². The molecule has 0 aliphatic heterocycles. The van der Waals surface area contributed by atoms with Gasteiger partial charge in [0.2, 0.25) is 5.91 Å². The van der Waals surface area contributed by atoms with Crippen LogP contribution in [0.5, 0.6) is 0 Å². The van der Waals surface area contributed by atoms with Gasteiger partial charge < -0.3 is 14.8 Å². The van der Waals surface area contributed by atoms with Crippen molar-refractivity contribution in [1.82, 2.24) is 14.8 Å². The highest BCUT2D eigenvalue weighted by Crippen LogP contribution is 2.23. The van der Waals surface area contributed by atoms with Gasteiger partial charge in [0.1, 0.15) is 6.04 Å². The first-order chi connectivity index (χ1) is 13.2. The molecule has 28 heavy (non-hydrogen) atoms. The van der Waals surface area contributed by atoms with E-state index < -0.39 is 6.04 Å². The zero-order chi connectivity index (χ0) is 20.9. The average molecular weight is 382 g/mol. The predicted octanol–water partition coefficient (Wildman–Crippen LogP) is 3.61. The Balaban J connectivity index is 2.45. The second-order valence-corrected chi connectivity index (χ2v) is 8.13. The number of benzene rings is 1. The largest absolute Gasteiger partial charge is 0.350 e.